The molecule has 0 spiro atoms. The Balaban J connectivity index is 1.85. The monoisotopic (exact) mass is 294 g/mol. The second-order valence-electron chi connectivity index (χ2n) is 4.77. The van der Waals surface area contributed by atoms with Crippen molar-refractivity contribution in [2.24, 2.45) is 0 Å². The third-order valence-electron chi connectivity index (χ3n) is 3.31. The lowest BCUT2D eigenvalue weighted by atomic mass is 10.1. The van der Waals surface area contributed by atoms with Gasteiger partial charge in [-0.2, -0.15) is 0 Å². The summed E-state index contributed by atoms with van der Waals surface area (Å²) in [4.78, 5) is 0. The number of nitrogens with two attached hydrogens (primary N) is 1. The minimum Gasteiger partial charge on any atom is -0.397 e. The summed E-state index contributed by atoms with van der Waals surface area (Å²) in [6.07, 6.45) is 0. The molecule has 3 N–H and O–H groups in total. The molecule has 0 aliphatic heterocycles. The first kappa shape index (κ1) is 13.5. The molecule has 0 atom stereocenters. The van der Waals surface area contributed by atoms with Crippen LogP contribution >= 0.6 is 11.6 Å². The van der Waals surface area contributed by atoms with E-state index in [9.17, 15) is 0 Å². The summed E-state index contributed by atoms with van der Waals surface area (Å²) < 4.78 is 0. The van der Waals surface area contributed by atoms with Gasteiger partial charge in [0.05, 0.1) is 16.4 Å². The molecule has 0 radical (unpaired) electrons. The van der Waals surface area contributed by atoms with Crippen LogP contribution in [0.4, 0.5) is 17.1 Å². The molecular formula is C18H15ClN2. The minimum absolute atomic E-state index is 0.613. The molecule has 0 fully saturated rings. The smallest absolute Gasteiger partial charge is 0.0807 e. The molecule has 3 aromatic carbocycles. The molecule has 0 heterocycles. The van der Waals surface area contributed by atoms with Gasteiger partial charge in [0, 0.05) is 5.69 Å². The molecule has 0 aliphatic carbocycles. The second-order valence-corrected chi connectivity index (χ2v) is 5.18. The molecule has 104 valence electrons. The first-order valence-corrected chi connectivity index (χ1v) is 7.08. The van der Waals surface area contributed by atoms with E-state index >= 15 is 0 Å². The van der Waals surface area contributed by atoms with Crippen molar-refractivity contribution in [3.63, 3.8) is 0 Å². The average Bonchev–Trinajstić information content (AvgIpc) is 2.53. The number of hydrogen-bond acceptors (Lipinski definition) is 2. The molecule has 3 aromatic rings. The summed E-state index contributed by atoms with van der Waals surface area (Å²) in [6, 6.07) is 23.9. The zero-order valence-corrected chi connectivity index (χ0v) is 12.1. The molecule has 0 aromatic heterocycles. The highest BCUT2D eigenvalue weighted by molar-refractivity contribution is 6.34. The van der Waals surface area contributed by atoms with Crippen LogP contribution in [-0.4, -0.2) is 0 Å². The van der Waals surface area contributed by atoms with Gasteiger partial charge in [-0.25, -0.2) is 0 Å². The van der Waals surface area contributed by atoms with Gasteiger partial charge >= 0.3 is 0 Å². The van der Waals surface area contributed by atoms with Crippen molar-refractivity contribution in [1.29, 1.82) is 0 Å². The Labute approximate surface area is 129 Å². The van der Waals surface area contributed by atoms with Crippen LogP contribution in [-0.2, 0) is 0 Å². The molecule has 0 amide bonds. The maximum atomic E-state index is 6.16. The Kier molecular flexibility index (Phi) is 3.80. The highest BCUT2D eigenvalue weighted by Gasteiger charge is 2.05. The van der Waals surface area contributed by atoms with Crippen molar-refractivity contribution in [2.75, 3.05) is 11.1 Å². The van der Waals surface area contributed by atoms with E-state index in [2.05, 4.69) is 29.6 Å². The van der Waals surface area contributed by atoms with Crippen LogP contribution < -0.4 is 11.1 Å². The molecule has 0 saturated heterocycles. The van der Waals surface area contributed by atoms with Crippen LogP contribution in [0.1, 0.15) is 0 Å². The van der Waals surface area contributed by atoms with Gasteiger partial charge in [-0.15, -0.1) is 0 Å². The van der Waals surface area contributed by atoms with Crippen molar-refractivity contribution in [3.05, 3.63) is 77.8 Å². The number of nitrogens with one attached hydrogen (secondary N) is 1. The number of hydrogen-bond donors (Lipinski definition) is 2. The van der Waals surface area contributed by atoms with E-state index in [1.165, 1.54) is 11.1 Å². The van der Waals surface area contributed by atoms with Crippen LogP contribution in [0.2, 0.25) is 5.02 Å². The first-order valence-electron chi connectivity index (χ1n) is 6.70. The van der Waals surface area contributed by atoms with E-state index < -0.39 is 0 Å². The number of benzene rings is 3. The summed E-state index contributed by atoms with van der Waals surface area (Å²) >= 11 is 6.16. The Hall–Kier alpha value is -2.45. The lowest BCUT2D eigenvalue weighted by Gasteiger charge is -2.11. The van der Waals surface area contributed by atoms with Crippen molar-refractivity contribution >= 4 is 28.7 Å². The third-order valence-corrected chi connectivity index (χ3v) is 3.62. The zero-order chi connectivity index (χ0) is 14.7. The maximum absolute atomic E-state index is 6.16. The molecule has 0 aliphatic rings. The topological polar surface area (TPSA) is 38.0 Å². The number of para-hydroxylation sites is 1. The molecule has 21 heavy (non-hydrogen) atoms. The minimum atomic E-state index is 0.613. The summed E-state index contributed by atoms with van der Waals surface area (Å²) in [5.74, 6) is 0. The highest BCUT2D eigenvalue weighted by atomic mass is 35.5. The number of nitrogen functional groups attached to an aromatic ring is 1. The predicted octanol–water partition coefficient (Wildman–Crippen LogP) is 5.33. The van der Waals surface area contributed by atoms with Crippen LogP contribution in [0.3, 0.4) is 0 Å². The quantitative estimate of drug-likeness (QED) is 0.640. The van der Waals surface area contributed by atoms with Crippen LogP contribution in [0.5, 0.6) is 0 Å². The van der Waals surface area contributed by atoms with Crippen LogP contribution in [0.25, 0.3) is 11.1 Å². The summed E-state index contributed by atoms with van der Waals surface area (Å²) in [7, 11) is 0. The summed E-state index contributed by atoms with van der Waals surface area (Å²) in [6.45, 7) is 0. The van der Waals surface area contributed by atoms with Gasteiger partial charge in [0.15, 0.2) is 0 Å². The first-order chi connectivity index (χ1) is 10.2. The molecule has 0 unspecified atom stereocenters. The van der Waals surface area contributed by atoms with Gasteiger partial charge in [0.1, 0.15) is 0 Å². The Morgan fingerprint density at radius 1 is 0.714 bits per heavy atom. The third kappa shape index (κ3) is 3.01. The van der Waals surface area contributed by atoms with Gasteiger partial charge < -0.3 is 11.1 Å². The predicted molar refractivity (Wildman–Crippen MR) is 91.0 cm³/mol. The maximum Gasteiger partial charge on any atom is 0.0807 e. The molecule has 0 bridgehead atoms. The van der Waals surface area contributed by atoms with Gasteiger partial charge in [-0.3, -0.25) is 0 Å². The van der Waals surface area contributed by atoms with Gasteiger partial charge in [-0.05, 0) is 35.4 Å². The van der Waals surface area contributed by atoms with Crippen molar-refractivity contribution in [3.8, 4) is 11.1 Å². The summed E-state index contributed by atoms with van der Waals surface area (Å²) in [5.41, 5.74) is 10.6. The fourth-order valence-electron chi connectivity index (χ4n) is 2.19. The van der Waals surface area contributed by atoms with E-state index in [1.54, 1.807) is 0 Å². The Morgan fingerprint density at radius 3 is 2.05 bits per heavy atom. The van der Waals surface area contributed by atoms with E-state index in [4.69, 9.17) is 17.3 Å². The lowest BCUT2D eigenvalue weighted by molar-refractivity contribution is 1.54. The van der Waals surface area contributed by atoms with E-state index in [1.807, 2.05) is 48.5 Å². The Morgan fingerprint density at radius 2 is 1.38 bits per heavy atom. The lowest BCUT2D eigenvalue weighted by Crippen LogP contribution is -1.96. The van der Waals surface area contributed by atoms with Crippen molar-refractivity contribution in [1.82, 2.24) is 0 Å². The normalized spacial score (nSPS) is 10.3. The molecule has 2 nitrogen and oxygen atoms in total. The fourth-order valence-corrected chi connectivity index (χ4v) is 2.42. The largest absolute Gasteiger partial charge is 0.397 e. The average molecular weight is 295 g/mol. The van der Waals surface area contributed by atoms with Gasteiger partial charge in [0.25, 0.3) is 0 Å². The standard InChI is InChI=1S/C18H15ClN2/c19-16-7-4-8-17(20)18(16)21-15-11-9-14(10-12-15)13-5-2-1-3-6-13/h1-12,21H,20H2. The Bertz CT molecular complexity index is 717. The highest BCUT2D eigenvalue weighted by Crippen LogP contribution is 2.31. The fraction of sp³-hybridized carbons (Fsp3) is 0. The molecular weight excluding hydrogens is 280 g/mol. The molecule has 0 saturated carbocycles. The van der Waals surface area contributed by atoms with Crippen LogP contribution in [0, 0.1) is 0 Å². The van der Waals surface area contributed by atoms with Crippen LogP contribution in [0.15, 0.2) is 72.8 Å². The van der Waals surface area contributed by atoms with Gasteiger partial charge in [-0.1, -0.05) is 60.1 Å². The molecule has 3 heteroatoms. The zero-order valence-electron chi connectivity index (χ0n) is 11.4. The van der Waals surface area contributed by atoms with Gasteiger partial charge in [0.2, 0.25) is 0 Å². The second kappa shape index (κ2) is 5.90. The SMILES string of the molecule is Nc1cccc(Cl)c1Nc1ccc(-c2ccccc2)cc1. The van der Waals surface area contributed by atoms with Crippen molar-refractivity contribution < 1.29 is 0 Å². The van der Waals surface area contributed by atoms with Crippen molar-refractivity contribution in [2.45, 2.75) is 0 Å². The number of halogens is 1. The number of rotatable bonds is 3. The van der Waals surface area contributed by atoms with E-state index in [-0.39, 0.29) is 0 Å². The summed E-state index contributed by atoms with van der Waals surface area (Å²) in [5, 5.41) is 3.88. The number of anilines is 3. The van der Waals surface area contributed by atoms with E-state index in [0.29, 0.717) is 10.7 Å². The molecule has 3 rings (SSSR count). The van der Waals surface area contributed by atoms with E-state index in [0.717, 1.165) is 11.4 Å².